The molecule has 3 aromatic rings. The Kier molecular flexibility index (Phi) is 4.47. The molecule has 3 rings (SSSR count). The first-order valence-corrected chi connectivity index (χ1v) is 8.87. The summed E-state index contributed by atoms with van der Waals surface area (Å²) < 4.78 is 57.6. The average molecular weight is 398 g/mol. The van der Waals surface area contributed by atoms with E-state index >= 15 is 0 Å². The second kappa shape index (κ2) is 9.87. The van der Waals surface area contributed by atoms with Gasteiger partial charge in [-0.25, -0.2) is 4.79 Å². The molecule has 0 aliphatic carbocycles. The highest BCUT2D eigenvalue weighted by Gasteiger charge is 2.07. The van der Waals surface area contributed by atoms with Crippen LogP contribution in [0.2, 0.25) is 0 Å². The number of carbonyl (C=O) groups is 1. The Morgan fingerprint density at radius 3 is 2.52 bits per heavy atom. The number of aryl methyl sites for hydroxylation is 1. The number of rotatable bonds is 9. The Balaban J connectivity index is 1.85. The second-order valence-electron chi connectivity index (χ2n) is 6.31. The van der Waals surface area contributed by atoms with Crippen LogP contribution >= 0.6 is 0 Å². The molecule has 0 fully saturated rings. The first-order valence-electron chi connectivity index (χ1n) is 12.4. The van der Waals surface area contributed by atoms with E-state index in [1.165, 1.54) is 42.5 Å². The molecule has 0 unspecified atom stereocenters. The van der Waals surface area contributed by atoms with Gasteiger partial charge in [-0.1, -0.05) is 54.1 Å². The first kappa shape index (κ1) is 13.1. The summed E-state index contributed by atoms with van der Waals surface area (Å²) in [6.45, 7) is -7.42. The van der Waals surface area contributed by atoms with Crippen LogP contribution in [0.4, 0.5) is 5.69 Å². The summed E-state index contributed by atoms with van der Waals surface area (Å²) in [6.07, 6.45) is -2.93. The summed E-state index contributed by atoms with van der Waals surface area (Å²) in [4.78, 5) is 11.3. The lowest BCUT2D eigenvalue weighted by Crippen LogP contribution is -2.26. The molecule has 0 amide bonds. The largest absolute Gasteiger partial charge is 0.478 e. The zero-order chi connectivity index (χ0) is 26.9. The van der Waals surface area contributed by atoms with Crippen molar-refractivity contribution < 1.29 is 24.6 Å². The van der Waals surface area contributed by atoms with Crippen LogP contribution in [0.15, 0.2) is 72.8 Å². The third kappa shape index (κ3) is 5.91. The molecule has 0 spiro atoms. The van der Waals surface area contributed by atoms with Crippen LogP contribution in [-0.2, 0) is 0 Å². The molecular weight excluding hydrogens is 364 g/mol. The monoisotopic (exact) mass is 397 g/mol. The van der Waals surface area contributed by atoms with E-state index in [2.05, 4.69) is 5.32 Å². The molecule has 150 valence electrons. The van der Waals surface area contributed by atoms with Crippen molar-refractivity contribution in [1.29, 1.82) is 0 Å². The smallest absolute Gasteiger partial charge is 0.335 e. The lowest BCUT2D eigenvalue weighted by atomic mass is 10.0. The minimum atomic E-state index is -3.10. The van der Waals surface area contributed by atoms with Crippen LogP contribution in [0.3, 0.4) is 0 Å². The fourth-order valence-electron chi connectivity index (χ4n) is 2.70. The third-order valence-electron chi connectivity index (χ3n) is 4.11. The summed E-state index contributed by atoms with van der Waals surface area (Å²) in [5.41, 5.74) is 1.84. The van der Waals surface area contributed by atoms with Crippen LogP contribution in [0, 0.1) is 6.92 Å². The quantitative estimate of drug-likeness (QED) is 0.437. The molecule has 1 atom stereocenters. The van der Waals surface area contributed by atoms with Gasteiger partial charge in [0, 0.05) is 30.7 Å². The highest BCUT2D eigenvalue weighted by atomic mass is 16.4. The van der Waals surface area contributed by atoms with E-state index < -0.39 is 31.5 Å². The van der Waals surface area contributed by atoms with Crippen molar-refractivity contribution in [3.63, 3.8) is 0 Å². The normalized spacial score (nSPS) is 17.9. The average Bonchev–Trinajstić information content (AvgIpc) is 2.78. The first-order chi connectivity index (χ1) is 16.6. The Labute approximate surface area is 180 Å². The third-order valence-corrected chi connectivity index (χ3v) is 4.11. The van der Waals surface area contributed by atoms with E-state index in [1.807, 2.05) is 5.32 Å². The van der Waals surface area contributed by atoms with Crippen molar-refractivity contribution in [2.75, 3.05) is 24.8 Å². The van der Waals surface area contributed by atoms with Gasteiger partial charge in [-0.05, 0) is 47.9 Å². The molecule has 0 saturated heterocycles. The van der Waals surface area contributed by atoms with Gasteiger partial charge < -0.3 is 20.8 Å². The lowest BCUT2D eigenvalue weighted by molar-refractivity contribution is 0.0697. The number of anilines is 1. The number of aliphatic hydroxyl groups is 1. The van der Waals surface area contributed by atoms with Gasteiger partial charge in [0.15, 0.2) is 0 Å². The molecule has 3 aromatic carbocycles. The van der Waals surface area contributed by atoms with Crippen LogP contribution in [0.25, 0.3) is 11.1 Å². The van der Waals surface area contributed by atoms with Crippen molar-refractivity contribution in [3.8, 4) is 11.1 Å². The Morgan fingerprint density at radius 2 is 1.76 bits per heavy atom. The maximum Gasteiger partial charge on any atom is 0.335 e. The van der Waals surface area contributed by atoms with Gasteiger partial charge in [0.05, 0.1) is 15.8 Å². The van der Waals surface area contributed by atoms with Gasteiger partial charge in [0.1, 0.15) is 0 Å². The van der Waals surface area contributed by atoms with Gasteiger partial charge in [-0.15, -0.1) is 0 Å². The van der Waals surface area contributed by atoms with Crippen molar-refractivity contribution in [3.05, 3.63) is 89.5 Å². The molecule has 5 nitrogen and oxygen atoms in total. The van der Waals surface area contributed by atoms with Crippen molar-refractivity contribution in [2.45, 2.75) is 13.0 Å². The number of carboxylic acid groups (broad SMARTS) is 1. The predicted molar refractivity (Wildman–Crippen MR) is 116 cm³/mol. The van der Waals surface area contributed by atoms with Gasteiger partial charge >= 0.3 is 5.97 Å². The number of hydrogen-bond donors (Lipinski definition) is 4. The number of hydrogen-bond acceptors (Lipinski definition) is 4. The lowest BCUT2D eigenvalue weighted by Gasteiger charge is -2.14. The van der Waals surface area contributed by atoms with E-state index in [0.29, 0.717) is 16.7 Å². The molecule has 0 aromatic heterocycles. The summed E-state index contributed by atoms with van der Waals surface area (Å²) in [6, 6.07) is 18.3. The molecule has 4 N–H and O–H groups in total. The summed E-state index contributed by atoms with van der Waals surface area (Å²) in [7, 11) is 0. The summed E-state index contributed by atoms with van der Waals surface area (Å²) in [5, 5.41) is 24.1. The van der Waals surface area contributed by atoms with Crippen LogP contribution in [0.5, 0.6) is 0 Å². The molecule has 0 saturated carbocycles. The van der Waals surface area contributed by atoms with E-state index in [4.69, 9.17) is 9.60 Å². The minimum absolute atomic E-state index is 0.0699. The minimum Gasteiger partial charge on any atom is -0.478 e. The van der Waals surface area contributed by atoms with Gasteiger partial charge in [0.25, 0.3) is 0 Å². The molecule has 0 heterocycles. The summed E-state index contributed by atoms with van der Waals surface area (Å²) in [5.74, 6) is -1.10. The van der Waals surface area contributed by atoms with E-state index in [9.17, 15) is 15.0 Å². The molecule has 0 aliphatic heterocycles. The zero-order valence-electron chi connectivity index (χ0n) is 22.7. The molecule has 0 radical (unpaired) electrons. The van der Waals surface area contributed by atoms with Crippen molar-refractivity contribution in [2.24, 2.45) is 0 Å². The standard InChI is InChI=1S/C24H26N2O3/c1-17-5-2-8-20(13-17)23(27)16-25-11-12-26-22-10-4-7-19(15-22)18-6-3-9-21(14-18)24(28)29/h2-10,13-15,23,25-27H,11-12,16H2,1H3,(H,28,29)/t23-/m0/s1/i11D2,12D2,16D2,23D. The van der Waals surface area contributed by atoms with Crippen LogP contribution in [-0.4, -0.2) is 35.7 Å². The SMILES string of the molecule is [2H]C([2H])(Nc1cccc(-c2cccc(C(=O)O)c2)c1)C([2H])([2H])NC([2H])([2H])[C@]([2H])(O)c1cccc(C)c1. The predicted octanol–water partition coefficient (Wildman–Crippen LogP) is 4.10. The Morgan fingerprint density at radius 1 is 1.03 bits per heavy atom. The Hall–Kier alpha value is -3.15. The number of benzene rings is 3. The molecular formula is C24H26N2O3. The maximum atomic E-state index is 11.3. The molecule has 0 aliphatic rings. The highest BCUT2D eigenvalue weighted by Crippen LogP contribution is 2.23. The van der Waals surface area contributed by atoms with Gasteiger partial charge in [0.2, 0.25) is 0 Å². The molecule has 5 heteroatoms. The molecule has 29 heavy (non-hydrogen) atoms. The fraction of sp³-hybridized carbons (Fsp3) is 0.208. The van der Waals surface area contributed by atoms with E-state index in [-0.39, 0.29) is 16.8 Å². The zero-order valence-corrected chi connectivity index (χ0v) is 15.7. The van der Waals surface area contributed by atoms with E-state index in [1.54, 1.807) is 37.3 Å². The van der Waals surface area contributed by atoms with Crippen molar-refractivity contribution >= 4 is 11.7 Å². The fourth-order valence-corrected chi connectivity index (χ4v) is 2.70. The van der Waals surface area contributed by atoms with Crippen LogP contribution < -0.4 is 10.6 Å². The number of aromatic carboxylic acids is 1. The van der Waals surface area contributed by atoms with Gasteiger partial charge in [-0.2, -0.15) is 0 Å². The second-order valence-corrected chi connectivity index (χ2v) is 6.31. The molecule has 0 bridgehead atoms. The maximum absolute atomic E-state index is 11.3. The van der Waals surface area contributed by atoms with Crippen molar-refractivity contribution in [1.82, 2.24) is 5.32 Å². The Bertz CT molecular complexity index is 1270. The van der Waals surface area contributed by atoms with Crippen LogP contribution in [0.1, 0.15) is 37.2 Å². The number of nitrogens with one attached hydrogen (secondary N) is 2. The van der Waals surface area contributed by atoms with Gasteiger partial charge in [-0.3, -0.25) is 0 Å². The van der Waals surface area contributed by atoms with E-state index in [0.717, 1.165) is 0 Å². The highest BCUT2D eigenvalue weighted by molar-refractivity contribution is 5.89. The number of carboxylic acids is 1. The summed E-state index contributed by atoms with van der Waals surface area (Å²) >= 11 is 0. The topological polar surface area (TPSA) is 81.6 Å².